The van der Waals surface area contributed by atoms with E-state index in [0.29, 0.717) is 18.2 Å². The van der Waals surface area contributed by atoms with E-state index in [9.17, 15) is 0 Å². The summed E-state index contributed by atoms with van der Waals surface area (Å²) in [5.74, 6) is 0. The number of hydrogen-bond donors (Lipinski definition) is 2. The summed E-state index contributed by atoms with van der Waals surface area (Å²) in [5.41, 5.74) is 1.87. The van der Waals surface area contributed by atoms with Crippen molar-refractivity contribution >= 4 is 5.69 Å². The molecule has 0 spiro atoms. The third-order valence-electron chi connectivity index (χ3n) is 3.33. The zero-order valence-corrected chi connectivity index (χ0v) is 10.5. The van der Waals surface area contributed by atoms with Crippen molar-refractivity contribution in [3.8, 4) is 6.07 Å². The number of aliphatic hydroxyl groups is 1. The first-order chi connectivity index (χ1) is 8.83. The molecule has 0 aromatic heterocycles. The highest BCUT2D eigenvalue weighted by Crippen LogP contribution is 2.20. The van der Waals surface area contributed by atoms with Gasteiger partial charge in [-0.25, -0.2) is 0 Å². The summed E-state index contributed by atoms with van der Waals surface area (Å²) in [6.07, 6.45) is 2.32. The topological polar surface area (TPSA) is 59.3 Å². The Labute approximate surface area is 108 Å². The monoisotopic (exact) mass is 245 g/mol. The zero-order chi connectivity index (χ0) is 12.8. The molecule has 2 rings (SSSR count). The fourth-order valence-corrected chi connectivity index (χ4v) is 2.39. The van der Waals surface area contributed by atoms with Gasteiger partial charge in [-0.15, -0.1) is 0 Å². The van der Waals surface area contributed by atoms with Crippen LogP contribution in [0.1, 0.15) is 18.4 Å². The van der Waals surface area contributed by atoms with E-state index in [0.717, 1.165) is 25.9 Å². The molecule has 0 amide bonds. The Bertz CT molecular complexity index is 410. The van der Waals surface area contributed by atoms with Gasteiger partial charge in [-0.2, -0.15) is 5.26 Å². The Morgan fingerprint density at radius 1 is 1.39 bits per heavy atom. The number of hydrogen-bond acceptors (Lipinski definition) is 4. The van der Waals surface area contributed by atoms with Gasteiger partial charge in [-0.3, -0.25) is 0 Å². The van der Waals surface area contributed by atoms with Gasteiger partial charge in [0.05, 0.1) is 18.2 Å². The van der Waals surface area contributed by atoms with Crippen molar-refractivity contribution in [2.75, 3.05) is 31.1 Å². The van der Waals surface area contributed by atoms with E-state index >= 15 is 0 Å². The molecule has 96 valence electrons. The minimum absolute atomic E-state index is 0.188. The normalized spacial score (nSPS) is 19.6. The van der Waals surface area contributed by atoms with Gasteiger partial charge >= 0.3 is 0 Å². The molecule has 4 nitrogen and oxygen atoms in total. The minimum atomic E-state index is 0.188. The van der Waals surface area contributed by atoms with E-state index in [-0.39, 0.29) is 6.61 Å². The zero-order valence-electron chi connectivity index (χ0n) is 10.5. The van der Waals surface area contributed by atoms with E-state index < -0.39 is 0 Å². The SMILES string of the molecule is N#Cc1ccc(N2CCCC(NCCO)C2)cc1. The van der Waals surface area contributed by atoms with Crippen LogP contribution in [0.3, 0.4) is 0 Å². The van der Waals surface area contributed by atoms with E-state index in [1.54, 1.807) is 0 Å². The molecular formula is C14H19N3O. The molecule has 2 N–H and O–H groups in total. The molecule has 1 aromatic rings. The Morgan fingerprint density at radius 2 is 2.17 bits per heavy atom. The average Bonchev–Trinajstić information content (AvgIpc) is 2.45. The molecule has 1 aliphatic rings. The van der Waals surface area contributed by atoms with Gasteiger partial charge in [0.2, 0.25) is 0 Å². The third-order valence-corrected chi connectivity index (χ3v) is 3.33. The van der Waals surface area contributed by atoms with Crippen molar-refractivity contribution < 1.29 is 5.11 Å². The Balaban J connectivity index is 1.97. The number of nitriles is 1. The Morgan fingerprint density at radius 3 is 2.83 bits per heavy atom. The van der Waals surface area contributed by atoms with Gasteiger partial charge < -0.3 is 15.3 Å². The number of benzene rings is 1. The number of piperidine rings is 1. The highest BCUT2D eigenvalue weighted by atomic mass is 16.3. The van der Waals surface area contributed by atoms with Crippen LogP contribution in [-0.4, -0.2) is 37.4 Å². The van der Waals surface area contributed by atoms with Crippen molar-refractivity contribution in [2.45, 2.75) is 18.9 Å². The molecule has 1 saturated heterocycles. The van der Waals surface area contributed by atoms with Crippen LogP contribution in [0, 0.1) is 11.3 Å². The van der Waals surface area contributed by atoms with Crippen molar-refractivity contribution in [1.82, 2.24) is 5.32 Å². The van der Waals surface area contributed by atoms with Gasteiger partial charge in [0.1, 0.15) is 0 Å². The van der Waals surface area contributed by atoms with Gasteiger partial charge in [-0.1, -0.05) is 0 Å². The van der Waals surface area contributed by atoms with Crippen LogP contribution in [0.5, 0.6) is 0 Å². The molecule has 1 atom stereocenters. The van der Waals surface area contributed by atoms with Crippen molar-refractivity contribution in [1.29, 1.82) is 5.26 Å². The fourth-order valence-electron chi connectivity index (χ4n) is 2.39. The van der Waals surface area contributed by atoms with Crippen molar-refractivity contribution in [3.05, 3.63) is 29.8 Å². The summed E-state index contributed by atoms with van der Waals surface area (Å²) < 4.78 is 0. The van der Waals surface area contributed by atoms with Crippen LogP contribution in [0.4, 0.5) is 5.69 Å². The van der Waals surface area contributed by atoms with Gasteiger partial charge in [-0.05, 0) is 37.1 Å². The first-order valence-corrected chi connectivity index (χ1v) is 6.43. The second-order valence-electron chi connectivity index (χ2n) is 4.62. The number of nitrogens with zero attached hydrogens (tertiary/aromatic N) is 2. The van der Waals surface area contributed by atoms with Crippen LogP contribution in [0.25, 0.3) is 0 Å². The fraction of sp³-hybridized carbons (Fsp3) is 0.500. The molecule has 0 aliphatic carbocycles. The third kappa shape index (κ3) is 3.22. The lowest BCUT2D eigenvalue weighted by atomic mass is 10.0. The summed E-state index contributed by atoms with van der Waals surface area (Å²) in [7, 11) is 0. The predicted octanol–water partition coefficient (Wildman–Crippen LogP) is 1.11. The summed E-state index contributed by atoms with van der Waals surface area (Å²) in [5, 5.41) is 21.0. The number of rotatable bonds is 4. The molecule has 1 heterocycles. The van der Waals surface area contributed by atoms with E-state index in [4.69, 9.17) is 10.4 Å². The van der Waals surface area contributed by atoms with Crippen LogP contribution >= 0.6 is 0 Å². The molecule has 1 aliphatic heterocycles. The molecule has 0 saturated carbocycles. The average molecular weight is 245 g/mol. The maximum Gasteiger partial charge on any atom is 0.0991 e. The van der Waals surface area contributed by atoms with Crippen LogP contribution in [0.15, 0.2) is 24.3 Å². The lowest BCUT2D eigenvalue weighted by Gasteiger charge is -2.34. The molecule has 18 heavy (non-hydrogen) atoms. The maximum absolute atomic E-state index is 8.83. The lowest BCUT2D eigenvalue weighted by Crippen LogP contribution is -2.46. The highest BCUT2D eigenvalue weighted by molar-refractivity contribution is 5.50. The van der Waals surface area contributed by atoms with Crippen LogP contribution in [-0.2, 0) is 0 Å². The van der Waals surface area contributed by atoms with Gasteiger partial charge in [0.25, 0.3) is 0 Å². The number of anilines is 1. The van der Waals surface area contributed by atoms with Crippen molar-refractivity contribution in [3.63, 3.8) is 0 Å². The Hall–Kier alpha value is -1.57. The van der Waals surface area contributed by atoms with Gasteiger partial charge in [0.15, 0.2) is 0 Å². The first-order valence-electron chi connectivity index (χ1n) is 6.43. The van der Waals surface area contributed by atoms with Crippen molar-refractivity contribution in [2.24, 2.45) is 0 Å². The summed E-state index contributed by atoms with van der Waals surface area (Å²) in [6, 6.07) is 10.3. The Kier molecular flexibility index (Phi) is 4.57. The first kappa shape index (κ1) is 12.9. The van der Waals surface area contributed by atoms with Crippen LogP contribution in [0.2, 0.25) is 0 Å². The molecule has 1 fully saturated rings. The highest BCUT2D eigenvalue weighted by Gasteiger charge is 2.19. The smallest absolute Gasteiger partial charge is 0.0991 e. The largest absolute Gasteiger partial charge is 0.395 e. The summed E-state index contributed by atoms with van der Waals surface area (Å²) >= 11 is 0. The molecule has 1 aromatic carbocycles. The number of nitrogens with one attached hydrogen (secondary N) is 1. The van der Waals surface area contributed by atoms with E-state index in [2.05, 4.69) is 16.3 Å². The second-order valence-corrected chi connectivity index (χ2v) is 4.62. The lowest BCUT2D eigenvalue weighted by molar-refractivity contribution is 0.278. The molecular weight excluding hydrogens is 226 g/mol. The second kappa shape index (κ2) is 6.39. The maximum atomic E-state index is 8.83. The van der Waals surface area contributed by atoms with Gasteiger partial charge in [0, 0.05) is 31.4 Å². The molecule has 1 unspecified atom stereocenters. The quantitative estimate of drug-likeness (QED) is 0.834. The predicted molar refractivity (Wildman–Crippen MR) is 71.5 cm³/mol. The standard InChI is InChI=1S/C14H19N3O/c15-10-12-3-5-14(6-4-12)17-8-1-2-13(11-17)16-7-9-18/h3-6,13,16,18H,1-2,7-9,11H2. The van der Waals surface area contributed by atoms with Crippen LogP contribution < -0.4 is 10.2 Å². The molecule has 4 heteroatoms. The molecule has 0 radical (unpaired) electrons. The summed E-state index contributed by atoms with van der Waals surface area (Å²) in [6.45, 7) is 2.87. The number of aliphatic hydroxyl groups excluding tert-OH is 1. The summed E-state index contributed by atoms with van der Waals surface area (Å²) in [4.78, 5) is 2.33. The van der Waals surface area contributed by atoms with E-state index in [1.165, 1.54) is 5.69 Å². The minimum Gasteiger partial charge on any atom is -0.395 e. The molecule has 0 bridgehead atoms. The van der Waals surface area contributed by atoms with E-state index in [1.807, 2.05) is 24.3 Å².